The maximum absolute atomic E-state index is 12.8. The lowest BCUT2D eigenvalue weighted by Gasteiger charge is -2.15. The summed E-state index contributed by atoms with van der Waals surface area (Å²) < 4.78 is 6.09. The molecule has 0 aliphatic rings. The van der Waals surface area contributed by atoms with Crippen molar-refractivity contribution in [1.82, 2.24) is 0 Å². The van der Waals surface area contributed by atoms with Crippen LogP contribution in [0.1, 0.15) is 101 Å². The van der Waals surface area contributed by atoms with E-state index in [4.69, 9.17) is 4.74 Å². The molecule has 0 aromatic heterocycles. The van der Waals surface area contributed by atoms with Crippen LogP contribution in [0.2, 0.25) is 0 Å². The second kappa shape index (κ2) is 16.3. The van der Waals surface area contributed by atoms with Crippen LogP contribution in [0.25, 0.3) is 11.1 Å². The molecule has 0 bridgehead atoms. The van der Waals surface area contributed by atoms with Crippen LogP contribution in [-0.4, -0.2) is 11.2 Å². The maximum Gasteiger partial charge on any atom is 0.224 e. The molecule has 0 heterocycles. The van der Waals surface area contributed by atoms with Crippen molar-refractivity contribution in [2.24, 2.45) is 0 Å². The number of thioether (sulfide) groups is 1. The predicted molar refractivity (Wildman–Crippen MR) is 160 cm³/mol. The molecule has 0 spiro atoms. The fraction of sp³-hybridized carbons (Fsp3) is 0.441. The first-order valence-electron chi connectivity index (χ1n) is 14.3. The van der Waals surface area contributed by atoms with Gasteiger partial charge in [-0.1, -0.05) is 95.2 Å². The molecule has 0 fully saturated rings. The third-order valence-corrected chi connectivity index (χ3v) is 7.74. The minimum Gasteiger partial charge on any atom is -0.491 e. The largest absolute Gasteiger partial charge is 0.491 e. The van der Waals surface area contributed by atoms with Crippen LogP contribution in [0.4, 0.5) is 0 Å². The van der Waals surface area contributed by atoms with Gasteiger partial charge >= 0.3 is 0 Å². The van der Waals surface area contributed by atoms with E-state index in [9.17, 15) is 4.79 Å². The van der Waals surface area contributed by atoms with Crippen molar-refractivity contribution in [2.45, 2.75) is 102 Å². The smallest absolute Gasteiger partial charge is 0.224 e. The average molecular weight is 517 g/mol. The van der Waals surface area contributed by atoms with E-state index in [0.717, 1.165) is 40.2 Å². The highest BCUT2D eigenvalue weighted by atomic mass is 32.2. The molecular formula is C34H44O2S. The van der Waals surface area contributed by atoms with Crippen molar-refractivity contribution in [1.29, 1.82) is 0 Å². The average Bonchev–Trinajstić information content (AvgIpc) is 2.92. The lowest BCUT2D eigenvalue weighted by molar-refractivity contribution is 0.108. The lowest BCUT2D eigenvalue weighted by Crippen LogP contribution is -2.11. The van der Waals surface area contributed by atoms with E-state index >= 15 is 0 Å². The van der Waals surface area contributed by atoms with E-state index in [1.165, 1.54) is 75.1 Å². The highest BCUT2D eigenvalue weighted by Crippen LogP contribution is 2.27. The van der Waals surface area contributed by atoms with Gasteiger partial charge in [0.2, 0.25) is 5.12 Å². The standard InChI is InChI=1S/C34H44O2S/c1-4-6-8-10-12-14-28-15-25-33(26-16-28)37-34(35)31-19-17-29(18-20-31)30-21-23-32(24-22-30)36-27(3)13-11-9-7-5-2/h15-27H,4-14H2,1-3H3. The van der Waals surface area contributed by atoms with Gasteiger partial charge in [0, 0.05) is 10.5 Å². The monoisotopic (exact) mass is 516 g/mol. The van der Waals surface area contributed by atoms with Gasteiger partial charge in [-0.3, -0.25) is 4.79 Å². The van der Waals surface area contributed by atoms with Gasteiger partial charge in [-0.25, -0.2) is 0 Å². The molecule has 0 radical (unpaired) electrons. The van der Waals surface area contributed by atoms with E-state index in [1.54, 1.807) is 0 Å². The molecular weight excluding hydrogens is 472 g/mol. The molecule has 1 unspecified atom stereocenters. The van der Waals surface area contributed by atoms with E-state index in [1.807, 2.05) is 36.4 Å². The Balaban J connectivity index is 1.47. The minimum atomic E-state index is 0.0792. The van der Waals surface area contributed by atoms with Crippen LogP contribution < -0.4 is 4.74 Å². The molecule has 3 heteroatoms. The molecule has 0 aliphatic heterocycles. The van der Waals surface area contributed by atoms with Crippen molar-refractivity contribution < 1.29 is 9.53 Å². The van der Waals surface area contributed by atoms with Crippen LogP contribution in [-0.2, 0) is 6.42 Å². The third-order valence-electron chi connectivity index (χ3n) is 6.81. The number of ether oxygens (including phenoxy) is 1. The molecule has 0 amide bonds. The Morgan fingerprint density at radius 2 is 1.27 bits per heavy atom. The lowest BCUT2D eigenvalue weighted by atomic mass is 10.0. The van der Waals surface area contributed by atoms with Crippen LogP contribution in [0, 0.1) is 0 Å². The summed E-state index contributed by atoms with van der Waals surface area (Å²) in [5, 5.41) is 0.0792. The van der Waals surface area contributed by atoms with E-state index < -0.39 is 0 Å². The molecule has 0 saturated carbocycles. The number of carbonyl (C=O) groups is 1. The second-order valence-corrected chi connectivity index (χ2v) is 11.1. The zero-order valence-electron chi connectivity index (χ0n) is 23.0. The van der Waals surface area contributed by atoms with Gasteiger partial charge in [-0.2, -0.15) is 0 Å². The van der Waals surface area contributed by atoms with Crippen molar-refractivity contribution in [3.05, 3.63) is 83.9 Å². The fourth-order valence-electron chi connectivity index (χ4n) is 4.50. The molecule has 198 valence electrons. The topological polar surface area (TPSA) is 26.3 Å². The summed E-state index contributed by atoms with van der Waals surface area (Å²) in [7, 11) is 0. The first-order valence-corrected chi connectivity index (χ1v) is 15.1. The number of aryl methyl sites for hydroxylation is 1. The van der Waals surface area contributed by atoms with Crippen LogP contribution in [0.15, 0.2) is 77.7 Å². The Hall–Kier alpha value is -2.52. The van der Waals surface area contributed by atoms with Gasteiger partial charge in [0.25, 0.3) is 0 Å². The third kappa shape index (κ3) is 10.4. The summed E-state index contributed by atoms with van der Waals surface area (Å²) in [5.74, 6) is 0.914. The molecule has 0 saturated heterocycles. The molecule has 37 heavy (non-hydrogen) atoms. The number of hydrogen-bond donors (Lipinski definition) is 0. The van der Waals surface area contributed by atoms with Crippen molar-refractivity contribution >= 4 is 16.9 Å². The normalized spacial score (nSPS) is 11.9. The Morgan fingerprint density at radius 3 is 1.89 bits per heavy atom. The van der Waals surface area contributed by atoms with E-state index in [0.29, 0.717) is 0 Å². The predicted octanol–water partition coefficient (Wildman–Crippen LogP) is 10.5. The Kier molecular flexibility index (Phi) is 12.8. The number of rotatable bonds is 16. The zero-order valence-corrected chi connectivity index (χ0v) is 23.8. The zero-order chi connectivity index (χ0) is 26.3. The van der Waals surface area contributed by atoms with E-state index in [2.05, 4.69) is 57.2 Å². The Bertz CT molecular complexity index is 1040. The summed E-state index contributed by atoms with van der Waals surface area (Å²) in [5.41, 5.74) is 4.31. The van der Waals surface area contributed by atoms with Crippen LogP contribution in [0.3, 0.4) is 0 Å². The Morgan fingerprint density at radius 1 is 0.703 bits per heavy atom. The van der Waals surface area contributed by atoms with Crippen molar-refractivity contribution in [2.75, 3.05) is 0 Å². The highest BCUT2D eigenvalue weighted by molar-refractivity contribution is 8.14. The van der Waals surface area contributed by atoms with Gasteiger partial charge in [-0.05, 0) is 97.5 Å². The number of carbonyl (C=O) groups excluding carboxylic acids is 1. The summed E-state index contributed by atoms with van der Waals surface area (Å²) in [4.78, 5) is 13.8. The molecule has 3 rings (SSSR count). The number of benzene rings is 3. The molecule has 1 atom stereocenters. The van der Waals surface area contributed by atoms with E-state index in [-0.39, 0.29) is 11.2 Å². The molecule has 0 aliphatic carbocycles. The van der Waals surface area contributed by atoms with Crippen LogP contribution >= 0.6 is 11.8 Å². The van der Waals surface area contributed by atoms with Crippen molar-refractivity contribution in [3.63, 3.8) is 0 Å². The summed E-state index contributed by atoms with van der Waals surface area (Å²) in [6, 6.07) is 24.7. The summed E-state index contributed by atoms with van der Waals surface area (Å²) in [6.07, 6.45) is 14.0. The van der Waals surface area contributed by atoms with Gasteiger partial charge in [-0.15, -0.1) is 0 Å². The number of hydrogen-bond acceptors (Lipinski definition) is 3. The number of unbranched alkanes of at least 4 members (excludes halogenated alkanes) is 7. The van der Waals surface area contributed by atoms with Gasteiger partial charge in [0.1, 0.15) is 5.75 Å². The summed E-state index contributed by atoms with van der Waals surface area (Å²) >= 11 is 1.30. The quantitative estimate of drug-likeness (QED) is 0.140. The first kappa shape index (κ1) is 29.0. The Labute approximate surface area is 229 Å². The van der Waals surface area contributed by atoms with Gasteiger partial charge < -0.3 is 4.74 Å². The van der Waals surface area contributed by atoms with Crippen LogP contribution in [0.5, 0.6) is 5.75 Å². The fourth-order valence-corrected chi connectivity index (χ4v) is 5.24. The summed E-state index contributed by atoms with van der Waals surface area (Å²) in [6.45, 7) is 6.64. The van der Waals surface area contributed by atoms with Gasteiger partial charge in [0.05, 0.1) is 6.10 Å². The van der Waals surface area contributed by atoms with Gasteiger partial charge in [0.15, 0.2) is 0 Å². The maximum atomic E-state index is 12.8. The van der Waals surface area contributed by atoms with Crippen molar-refractivity contribution in [3.8, 4) is 16.9 Å². The highest BCUT2D eigenvalue weighted by Gasteiger charge is 2.10. The second-order valence-electron chi connectivity index (χ2n) is 10.1. The molecule has 0 N–H and O–H groups in total. The molecule has 2 nitrogen and oxygen atoms in total. The molecule has 3 aromatic rings. The SMILES string of the molecule is CCCCCCCc1ccc(SC(=O)c2ccc(-c3ccc(OC(C)CCCCCC)cc3)cc2)cc1. The first-order chi connectivity index (χ1) is 18.1. The minimum absolute atomic E-state index is 0.0792. The molecule has 3 aromatic carbocycles.